The third-order valence-electron chi connectivity index (χ3n) is 12.3. The van der Waals surface area contributed by atoms with E-state index in [1.54, 1.807) is 0 Å². The summed E-state index contributed by atoms with van der Waals surface area (Å²) in [6.07, 6.45) is 61.6. The van der Waals surface area contributed by atoms with Gasteiger partial charge >= 0.3 is 19.8 Å². The predicted molar refractivity (Wildman–Crippen MR) is 289 cm³/mol. The molecule has 0 aromatic heterocycles. The fourth-order valence-corrected chi connectivity index (χ4v) is 8.64. The number of hydrogen-bond acceptors (Lipinski definition) is 7. The molecule has 1 N–H and O–H groups in total. The maximum absolute atomic E-state index is 12.8. The van der Waals surface area contributed by atoms with Crippen molar-refractivity contribution in [3.05, 3.63) is 48.6 Å². The number of unbranched alkanes of at least 4 members (excludes halogenated alkanes) is 30. The minimum Gasteiger partial charge on any atom is -0.462 e. The number of phosphoric acid groups is 1. The van der Waals surface area contributed by atoms with Crippen molar-refractivity contribution in [1.82, 2.24) is 0 Å². The molecule has 0 radical (unpaired) electrons. The highest BCUT2D eigenvalue weighted by Crippen LogP contribution is 2.43. The molecule has 0 heterocycles. The monoisotopic (exact) mass is 979 g/mol. The Morgan fingerprint density at radius 1 is 0.456 bits per heavy atom. The average molecular weight is 979 g/mol. The van der Waals surface area contributed by atoms with Crippen molar-refractivity contribution in [2.75, 3.05) is 47.5 Å². The summed E-state index contributed by atoms with van der Waals surface area (Å²) >= 11 is 0. The van der Waals surface area contributed by atoms with Gasteiger partial charge in [0.1, 0.15) is 19.8 Å². The standard InChI is InChI=1S/C58H108NO8P/c1-6-8-10-12-14-16-18-20-22-24-26-28-29-31-33-35-37-39-41-43-45-47-49-51-58(61)67-56(55-66-68(62,63)65-53-52-59(3,4)5)54-64-57(60)50-48-46-44-42-40-38-36-34-32-30-27-25-23-21-19-17-15-13-11-9-7-2/h18-21,24-27,56H,6-17,22-23,28-55H2,1-5H3/p+1/b20-18-,21-19-,26-24-,27-25-. The van der Waals surface area contributed by atoms with Crippen molar-refractivity contribution in [3.63, 3.8) is 0 Å². The van der Waals surface area contributed by atoms with E-state index in [2.05, 4.69) is 62.5 Å². The number of likely N-dealkylation sites (N-methyl/N-ethyl adjacent to an activating group) is 1. The van der Waals surface area contributed by atoms with Gasteiger partial charge in [0.2, 0.25) is 0 Å². The van der Waals surface area contributed by atoms with E-state index in [1.807, 2.05) is 21.1 Å². The maximum atomic E-state index is 12.8. The largest absolute Gasteiger partial charge is 0.472 e. The third-order valence-corrected chi connectivity index (χ3v) is 13.3. The molecule has 68 heavy (non-hydrogen) atoms. The van der Waals surface area contributed by atoms with Gasteiger partial charge < -0.3 is 18.9 Å². The van der Waals surface area contributed by atoms with Crippen molar-refractivity contribution in [2.24, 2.45) is 0 Å². The zero-order valence-electron chi connectivity index (χ0n) is 45.1. The van der Waals surface area contributed by atoms with Crippen LogP contribution >= 0.6 is 7.82 Å². The lowest BCUT2D eigenvalue weighted by Gasteiger charge is -2.24. The molecular formula is C58H109NO8P+. The Labute approximate surface area is 420 Å². The highest BCUT2D eigenvalue weighted by Gasteiger charge is 2.27. The van der Waals surface area contributed by atoms with Crippen LogP contribution in [-0.4, -0.2) is 74.9 Å². The Morgan fingerprint density at radius 3 is 1.16 bits per heavy atom. The number of ether oxygens (including phenoxy) is 2. The van der Waals surface area contributed by atoms with Crippen molar-refractivity contribution >= 4 is 19.8 Å². The normalized spacial score (nSPS) is 13.7. The molecule has 0 spiro atoms. The van der Waals surface area contributed by atoms with Crippen molar-refractivity contribution in [3.8, 4) is 0 Å². The van der Waals surface area contributed by atoms with E-state index in [9.17, 15) is 19.0 Å². The van der Waals surface area contributed by atoms with Gasteiger partial charge in [0.15, 0.2) is 6.10 Å². The summed E-state index contributed by atoms with van der Waals surface area (Å²) in [5.74, 6) is -0.798. The van der Waals surface area contributed by atoms with Gasteiger partial charge in [0, 0.05) is 12.8 Å². The number of carbonyl (C=O) groups excluding carboxylic acids is 2. The van der Waals surface area contributed by atoms with Crippen molar-refractivity contribution in [2.45, 2.75) is 264 Å². The number of esters is 2. The average Bonchev–Trinajstić information content (AvgIpc) is 3.30. The number of quaternary nitrogens is 1. The molecule has 2 atom stereocenters. The SMILES string of the molecule is CCCCCCC/C=C\C/C=C\CCCCCCCCCCCCCC(=O)OC(COC(=O)CCCCCCCCCCC/C=C\C/C=C\CCCCCCC)COP(=O)(O)OCC[N+](C)(C)C. The number of nitrogens with zero attached hydrogens (tertiary/aromatic N) is 1. The topological polar surface area (TPSA) is 108 Å². The molecule has 0 amide bonds. The highest BCUT2D eigenvalue weighted by molar-refractivity contribution is 7.47. The molecule has 0 fully saturated rings. The first-order chi connectivity index (χ1) is 33.0. The van der Waals surface area contributed by atoms with E-state index in [0.717, 1.165) is 51.4 Å². The van der Waals surface area contributed by atoms with Gasteiger partial charge in [-0.3, -0.25) is 18.6 Å². The quantitative estimate of drug-likeness (QED) is 0.0211. The van der Waals surface area contributed by atoms with Crippen molar-refractivity contribution < 1.29 is 42.1 Å². The summed E-state index contributed by atoms with van der Waals surface area (Å²) in [4.78, 5) is 35.7. The highest BCUT2D eigenvalue weighted by atomic mass is 31.2. The molecule has 0 aromatic carbocycles. The van der Waals surface area contributed by atoms with Gasteiger partial charge in [-0.1, -0.05) is 217 Å². The Bertz CT molecular complexity index is 1290. The summed E-state index contributed by atoms with van der Waals surface area (Å²) < 4.78 is 34.6. The van der Waals surface area contributed by atoms with Crippen LogP contribution in [0.3, 0.4) is 0 Å². The molecule has 0 aliphatic rings. The van der Waals surface area contributed by atoms with Gasteiger partial charge in [0.25, 0.3) is 0 Å². The zero-order chi connectivity index (χ0) is 49.9. The zero-order valence-corrected chi connectivity index (χ0v) is 46.0. The minimum absolute atomic E-state index is 0.0301. The van der Waals surface area contributed by atoms with Crippen LogP contribution < -0.4 is 0 Å². The Hall–Kier alpha value is -2.03. The Morgan fingerprint density at radius 2 is 0.794 bits per heavy atom. The van der Waals surface area contributed by atoms with E-state index < -0.39 is 26.5 Å². The van der Waals surface area contributed by atoms with E-state index in [-0.39, 0.29) is 32.0 Å². The number of hydrogen-bond donors (Lipinski definition) is 1. The van der Waals surface area contributed by atoms with Gasteiger partial charge in [-0.15, -0.1) is 0 Å². The molecule has 2 unspecified atom stereocenters. The molecule has 0 saturated heterocycles. The molecule has 0 aliphatic heterocycles. The number of phosphoric ester groups is 1. The van der Waals surface area contributed by atoms with E-state index >= 15 is 0 Å². The van der Waals surface area contributed by atoms with Crippen LogP contribution in [0.1, 0.15) is 258 Å². The fraction of sp³-hybridized carbons (Fsp3) is 0.828. The van der Waals surface area contributed by atoms with E-state index in [1.165, 1.54) is 173 Å². The van der Waals surface area contributed by atoms with Crippen LogP contribution in [0.4, 0.5) is 0 Å². The lowest BCUT2D eigenvalue weighted by atomic mass is 10.0. The molecule has 0 aromatic rings. The predicted octanol–water partition coefficient (Wildman–Crippen LogP) is 17.4. The van der Waals surface area contributed by atoms with Crippen LogP contribution in [-0.2, 0) is 32.7 Å². The summed E-state index contributed by atoms with van der Waals surface area (Å²) in [5.41, 5.74) is 0. The summed E-state index contributed by atoms with van der Waals surface area (Å²) in [6, 6.07) is 0. The molecule has 0 aliphatic carbocycles. The number of rotatable bonds is 52. The van der Waals surface area contributed by atoms with Crippen molar-refractivity contribution in [1.29, 1.82) is 0 Å². The minimum atomic E-state index is -4.39. The first kappa shape index (κ1) is 66.0. The Balaban J connectivity index is 4.19. The van der Waals surface area contributed by atoms with Crippen LogP contribution in [0.15, 0.2) is 48.6 Å². The molecule has 0 rings (SSSR count). The molecule has 10 heteroatoms. The summed E-state index contributed by atoms with van der Waals surface area (Å²) in [7, 11) is 1.48. The second-order valence-corrected chi connectivity index (χ2v) is 21.8. The third kappa shape index (κ3) is 53.3. The van der Waals surface area contributed by atoms with Gasteiger partial charge in [-0.2, -0.15) is 0 Å². The summed E-state index contributed by atoms with van der Waals surface area (Å²) in [5, 5.41) is 0. The number of allylic oxidation sites excluding steroid dienone is 8. The summed E-state index contributed by atoms with van der Waals surface area (Å²) in [6.45, 7) is 4.43. The fourth-order valence-electron chi connectivity index (χ4n) is 7.90. The van der Waals surface area contributed by atoms with E-state index in [0.29, 0.717) is 17.4 Å². The van der Waals surface area contributed by atoms with Crippen LogP contribution in [0.5, 0.6) is 0 Å². The second-order valence-electron chi connectivity index (χ2n) is 20.3. The van der Waals surface area contributed by atoms with Crippen LogP contribution in [0.25, 0.3) is 0 Å². The molecule has 398 valence electrons. The van der Waals surface area contributed by atoms with Crippen LogP contribution in [0, 0.1) is 0 Å². The molecule has 0 saturated carbocycles. The Kier molecular flexibility index (Phi) is 48.4. The molecule has 9 nitrogen and oxygen atoms in total. The lowest BCUT2D eigenvalue weighted by Crippen LogP contribution is -2.37. The van der Waals surface area contributed by atoms with Gasteiger partial charge in [-0.25, -0.2) is 4.57 Å². The second kappa shape index (κ2) is 49.9. The van der Waals surface area contributed by atoms with Gasteiger partial charge in [0.05, 0.1) is 27.7 Å². The molecule has 0 bridgehead atoms. The molecular weight excluding hydrogens is 870 g/mol. The smallest absolute Gasteiger partial charge is 0.462 e. The lowest BCUT2D eigenvalue weighted by molar-refractivity contribution is -0.870. The van der Waals surface area contributed by atoms with Crippen LogP contribution in [0.2, 0.25) is 0 Å². The first-order valence-electron chi connectivity index (χ1n) is 28.4. The number of carbonyl (C=O) groups is 2. The maximum Gasteiger partial charge on any atom is 0.472 e. The van der Waals surface area contributed by atoms with E-state index in [4.69, 9.17) is 18.5 Å². The van der Waals surface area contributed by atoms with Gasteiger partial charge in [-0.05, 0) is 77.0 Å². The first-order valence-corrected chi connectivity index (χ1v) is 29.9.